The molecule has 0 unspecified atom stereocenters. The molecule has 0 spiro atoms. The van der Waals surface area contributed by atoms with Gasteiger partial charge < -0.3 is 14.8 Å². The largest absolute Gasteiger partial charge is 0.497 e. The summed E-state index contributed by atoms with van der Waals surface area (Å²) < 4.78 is 10.1. The van der Waals surface area contributed by atoms with Gasteiger partial charge in [0.25, 0.3) is 5.91 Å². The molecule has 0 saturated carbocycles. The van der Waals surface area contributed by atoms with Crippen LogP contribution in [0.3, 0.4) is 0 Å². The van der Waals surface area contributed by atoms with E-state index < -0.39 is 11.9 Å². The van der Waals surface area contributed by atoms with Gasteiger partial charge in [0.2, 0.25) is 0 Å². The summed E-state index contributed by atoms with van der Waals surface area (Å²) in [6.07, 6.45) is 4.14. The van der Waals surface area contributed by atoms with Crippen molar-refractivity contribution in [2.24, 2.45) is 5.92 Å². The summed E-state index contributed by atoms with van der Waals surface area (Å²) in [5.41, 5.74) is 2.01. The molecule has 6 nitrogen and oxygen atoms in total. The number of carbonyl (C=O) groups is 2. The molecule has 1 amide bonds. The molecule has 1 aliphatic carbocycles. The number of benzene rings is 1. The van der Waals surface area contributed by atoms with E-state index in [1.807, 2.05) is 6.07 Å². The highest BCUT2D eigenvalue weighted by atomic mass is 32.1. The van der Waals surface area contributed by atoms with Crippen LogP contribution < -0.4 is 10.1 Å². The minimum atomic E-state index is -0.555. The molecule has 7 heteroatoms. The van der Waals surface area contributed by atoms with Crippen LogP contribution in [-0.4, -0.2) is 26.1 Å². The Morgan fingerprint density at radius 1 is 1.28 bits per heavy atom. The van der Waals surface area contributed by atoms with E-state index in [9.17, 15) is 14.9 Å². The van der Waals surface area contributed by atoms with Crippen molar-refractivity contribution in [2.75, 3.05) is 19.5 Å². The van der Waals surface area contributed by atoms with Crippen molar-refractivity contribution in [3.05, 3.63) is 51.4 Å². The molecule has 3 rings (SSSR count). The molecule has 29 heavy (non-hydrogen) atoms. The average Bonchev–Trinajstić information content (AvgIpc) is 3.08. The van der Waals surface area contributed by atoms with Gasteiger partial charge >= 0.3 is 5.97 Å². The van der Waals surface area contributed by atoms with Crippen LogP contribution in [-0.2, 0) is 22.4 Å². The first-order valence-electron chi connectivity index (χ1n) is 9.26. The fourth-order valence-corrected chi connectivity index (χ4v) is 4.74. The maximum Gasteiger partial charge on any atom is 0.341 e. The van der Waals surface area contributed by atoms with Crippen molar-refractivity contribution in [3.63, 3.8) is 0 Å². The number of amides is 1. The second kappa shape index (κ2) is 8.93. The Labute approximate surface area is 173 Å². The Kier molecular flexibility index (Phi) is 6.35. The van der Waals surface area contributed by atoms with Crippen LogP contribution in [0.1, 0.15) is 39.7 Å². The van der Waals surface area contributed by atoms with Gasteiger partial charge in [0.1, 0.15) is 22.4 Å². The Balaban J connectivity index is 1.89. The summed E-state index contributed by atoms with van der Waals surface area (Å²) in [5, 5.41) is 12.7. The molecule has 0 aliphatic heterocycles. The normalized spacial score (nSPS) is 15.8. The number of anilines is 1. The van der Waals surface area contributed by atoms with Gasteiger partial charge in [-0.05, 0) is 54.5 Å². The number of hydrogen-bond donors (Lipinski definition) is 1. The number of nitrogens with zero attached hydrogens (tertiary/aromatic N) is 1. The molecule has 0 fully saturated rings. The minimum Gasteiger partial charge on any atom is -0.497 e. The smallest absolute Gasteiger partial charge is 0.341 e. The number of thiophene rings is 1. The van der Waals surface area contributed by atoms with Gasteiger partial charge in [0.05, 0.1) is 19.8 Å². The van der Waals surface area contributed by atoms with Crippen LogP contribution in [0.2, 0.25) is 0 Å². The van der Waals surface area contributed by atoms with Gasteiger partial charge in [-0.3, -0.25) is 4.79 Å². The van der Waals surface area contributed by atoms with Gasteiger partial charge in [0.15, 0.2) is 0 Å². The van der Waals surface area contributed by atoms with Crippen molar-refractivity contribution >= 4 is 34.3 Å². The fourth-order valence-electron chi connectivity index (χ4n) is 3.34. The van der Waals surface area contributed by atoms with Crippen LogP contribution in [0.4, 0.5) is 5.00 Å². The van der Waals surface area contributed by atoms with Gasteiger partial charge in [-0.15, -0.1) is 11.3 Å². The average molecular weight is 410 g/mol. The molecule has 1 atom stereocenters. The summed E-state index contributed by atoms with van der Waals surface area (Å²) in [6, 6.07) is 8.96. The highest BCUT2D eigenvalue weighted by molar-refractivity contribution is 7.17. The second-order valence-corrected chi connectivity index (χ2v) is 8.05. The molecule has 0 saturated heterocycles. The van der Waals surface area contributed by atoms with E-state index in [1.165, 1.54) is 24.5 Å². The van der Waals surface area contributed by atoms with Crippen molar-refractivity contribution in [1.82, 2.24) is 0 Å². The summed E-state index contributed by atoms with van der Waals surface area (Å²) in [5.74, 6) is 0.191. The topological polar surface area (TPSA) is 88.4 Å². The lowest BCUT2D eigenvalue weighted by Gasteiger charge is -2.18. The summed E-state index contributed by atoms with van der Waals surface area (Å²) >= 11 is 1.39. The van der Waals surface area contributed by atoms with Crippen LogP contribution in [0.25, 0.3) is 6.08 Å². The second-order valence-electron chi connectivity index (χ2n) is 6.94. The SMILES string of the molecule is COC(=O)c1c(NC(=O)/C(C#N)=C/c2ccc(OC)cc2)sc2c1CC[C@H](C)C2. The van der Waals surface area contributed by atoms with Crippen molar-refractivity contribution < 1.29 is 19.1 Å². The van der Waals surface area contributed by atoms with E-state index in [2.05, 4.69) is 12.2 Å². The number of carbonyl (C=O) groups excluding carboxylic acids is 2. The van der Waals surface area contributed by atoms with Crippen molar-refractivity contribution in [2.45, 2.75) is 26.2 Å². The molecule has 1 heterocycles. The molecule has 150 valence electrons. The third-order valence-electron chi connectivity index (χ3n) is 4.92. The summed E-state index contributed by atoms with van der Waals surface area (Å²) in [6.45, 7) is 2.17. The number of nitrogens with one attached hydrogen (secondary N) is 1. The predicted molar refractivity (Wildman–Crippen MR) is 112 cm³/mol. The first-order chi connectivity index (χ1) is 14.0. The lowest BCUT2D eigenvalue weighted by atomic mass is 9.88. The molecular weight excluding hydrogens is 388 g/mol. The highest BCUT2D eigenvalue weighted by Crippen LogP contribution is 2.40. The number of nitriles is 1. The summed E-state index contributed by atoms with van der Waals surface area (Å²) in [7, 11) is 2.90. The monoisotopic (exact) mass is 410 g/mol. The van der Waals surface area contributed by atoms with Crippen molar-refractivity contribution in [3.8, 4) is 11.8 Å². The zero-order valence-corrected chi connectivity index (χ0v) is 17.4. The molecule has 1 aliphatic rings. The molecule has 1 aromatic heterocycles. The first kappa shape index (κ1) is 20.6. The van der Waals surface area contributed by atoms with E-state index in [0.717, 1.165) is 29.7 Å². The highest BCUT2D eigenvalue weighted by Gasteiger charge is 2.29. The Morgan fingerprint density at radius 2 is 2.00 bits per heavy atom. The zero-order valence-electron chi connectivity index (χ0n) is 16.6. The lowest BCUT2D eigenvalue weighted by molar-refractivity contribution is -0.112. The van der Waals surface area contributed by atoms with E-state index in [4.69, 9.17) is 9.47 Å². The minimum absolute atomic E-state index is 0.0503. The van der Waals surface area contributed by atoms with E-state index in [0.29, 0.717) is 27.8 Å². The summed E-state index contributed by atoms with van der Waals surface area (Å²) in [4.78, 5) is 26.2. The van der Waals surface area contributed by atoms with Gasteiger partial charge in [-0.1, -0.05) is 19.1 Å². The number of methoxy groups -OCH3 is 2. The standard InChI is InChI=1S/C22H22N2O4S/c1-13-4-9-17-18(10-13)29-21(19(17)22(26)28-3)24-20(25)15(12-23)11-14-5-7-16(27-2)8-6-14/h5-8,11,13H,4,9-10H2,1-3H3,(H,24,25)/b15-11+/t13-/m0/s1. The Morgan fingerprint density at radius 3 is 2.62 bits per heavy atom. The van der Waals surface area contributed by atoms with Crippen LogP contribution in [0.5, 0.6) is 5.75 Å². The van der Waals surface area contributed by atoms with Crippen LogP contribution in [0, 0.1) is 17.2 Å². The van der Waals surface area contributed by atoms with Gasteiger partial charge in [-0.25, -0.2) is 4.79 Å². The fraction of sp³-hybridized carbons (Fsp3) is 0.318. The number of hydrogen-bond acceptors (Lipinski definition) is 6. The predicted octanol–water partition coefficient (Wildman–Crippen LogP) is 4.21. The van der Waals surface area contributed by atoms with E-state index >= 15 is 0 Å². The quantitative estimate of drug-likeness (QED) is 0.453. The lowest BCUT2D eigenvalue weighted by Crippen LogP contribution is -2.16. The maximum absolute atomic E-state index is 12.7. The number of fused-ring (bicyclic) bond motifs is 1. The molecule has 0 radical (unpaired) electrons. The van der Waals surface area contributed by atoms with Crippen LogP contribution >= 0.6 is 11.3 Å². The molecule has 1 aromatic carbocycles. The van der Waals surface area contributed by atoms with Gasteiger partial charge in [0, 0.05) is 4.88 Å². The van der Waals surface area contributed by atoms with Crippen molar-refractivity contribution in [1.29, 1.82) is 5.26 Å². The number of ether oxygens (including phenoxy) is 2. The maximum atomic E-state index is 12.7. The molecule has 2 aromatic rings. The third-order valence-corrected chi connectivity index (χ3v) is 6.09. The Hall–Kier alpha value is -3.11. The first-order valence-corrected chi connectivity index (χ1v) is 10.1. The van der Waals surface area contributed by atoms with Crippen LogP contribution in [0.15, 0.2) is 29.8 Å². The molecule has 1 N–H and O–H groups in total. The van der Waals surface area contributed by atoms with E-state index in [1.54, 1.807) is 31.4 Å². The number of esters is 1. The Bertz CT molecular complexity index is 999. The number of rotatable bonds is 5. The van der Waals surface area contributed by atoms with E-state index in [-0.39, 0.29) is 5.57 Å². The zero-order chi connectivity index (χ0) is 21.0. The molecule has 0 bridgehead atoms. The molecular formula is C22H22N2O4S. The van der Waals surface area contributed by atoms with Gasteiger partial charge in [-0.2, -0.15) is 5.26 Å². The third kappa shape index (κ3) is 4.49.